The summed E-state index contributed by atoms with van der Waals surface area (Å²) in [6.45, 7) is 6.47. The molecule has 1 aromatic heterocycles. The zero-order valence-corrected chi connectivity index (χ0v) is 19.7. The Bertz CT molecular complexity index is 1130. The second kappa shape index (κ2) is 11.9. The average molecular weight is 440 g/mol. The Morgan fingerprint density at radius 1 is 0.970 bits per heavy atom. The molecule has 0 spiro atoms. The molecule has 0 aliphatic heterocycles. The highest BCUT2D eigenvalue weighted by Crippen LogP contribution is 2.35. The fraction of sp³-hybridized carbons (Fsp3) is 0.233. The van der Waals surface area contributed by atoms with E-state index in [-0.39, 0.29) is 6.42 Å². The number of hydrogen-bond donors (Lipinski definition) is 1. The number of carbonyl (C=O) groups is 1. The third-order valence-electron chi connectivity index (χ3n) is 5.54. The van der Waals surface area contributed by atoms with E-state index >= 15 is 0 Å². The van der Waals surface area contributed by atoms with E-state index in [0.29, 0.717) is 12.3 Å². The minimum Gasteiger partial charge on any atom is -0.481 e. The number of allylic oxidation sites excluding steroid dienone is 5. The van der Waals surface area contributed by atoms with Crippen LogP contribution in [-0.4, -0.2) is 15.6 Å². The van der Waals surface area contributed by atoms with Crippen LogP contribution < -0.4 is 0 Å². The Morgan fingerprint density at radius 2 is 1.67 bits per heavy atom. The molecule has 1 heterocycles. The van der Waals surface area contributed by atoms with Crippen molar-refractivity contribution in [2.75, 3.05) is 0 Å². The van der Waals surface area contributed by atoms with Crippen LogP contribution in [-0.2, 0) is 11.2 Å². The average Bonchev–Trinajstić information content (AvgIpc) is 3.19. The van der Waals surface area contributed by atoms with Crippen molar-refractivity contribution in [1.29, 1.82) is 0 Å². The Hall–Kier alpha value is -3.59. The van der Waals surface area contributed by atoms with E-state index in [1.54, 1.807) is 0 Å². The third kappa shape index (κ3) is 6.45. The first kappa shape index (κ1) is 24.1. The molecule has 2 aromatic carbocycles. The quantitative estimate of drug-likeness (QED) is 0.327. The van der Waals surface area contributed by atoms with Crippen LogP contribution in [0.4, 0.5) is 0 Å². The monoisotopic (exact) mass is 439 g/mol. The number of nitrogens with zero attached hydrogens (tertiary/aromatic N) is 1. The van der Waals surface area contributed by atoms with Crippen LogP contribution in [0.5, 0.6) is 0 Å². The molecule has 3 aromatic rings. The minimum absolute atomic E-state index is 0.201. The number of aromatic nitrogens is 1. The lowest BCUT2D eigenvalue weighted by molar-refractivity contribution is -0.137. The van der Waals surface area contributed by atoms with E-state index in [1.165, 1.54) is 16.8 Å². The molecular formula is C30H33NO2. The largest absolute Gasteiger partial charge is 0.481 e. The Kier molecular flexibility index (Phi) is 8.65. The maximum absolute atomic E-state index is 10.8. The summed E-state index contributed by atoms with van der Waals surface area (Å²) in [6, 6.07) is 21.3. The van der Waals surface area contributed by atoms with E-state index in [9.17, 15) is 4.79 Å². The number of rotatable bonds is 10. The van der Waals surface area contributed by atoms with Crippen LogP contribution >= 0.6 is 0 Å². The zero-order chi connectivity index (χ0) is 23.6. The van der Waals surface area contributed by atoms with Gasteiger partial charge in [-0.25, -0.2) is 0 Å². The summed E-state index contributed by atoms with van der Waals surface area (Å²) < 4.78 is 2.34. The van der Waals surface area contributed by atoms with Crippen LogP contribution in [0, 0.1) is 0 Å². The molecule has 0 amide bonds. The predicted molar refractivity (Wildman–Crippen MR) is 139 cm³/mol. The van der Waals surface area contributed by atoms with Crippen molar-refractivity contribution in [3.63, 3.8) is 0 Å². The van der Waals surface area contributed by atoms with Gasteiger partial charge >= 0.3 is 5.97 Å². The Balaban J connectivity index is 2.05. The van der Waals surface area contributed by atoms with Crippen LogP contribution in [0.15, 0.2) is 91.0 Å². The van der Waals surface area contributed by atoms with Crippen LogP contribution in [0.2, 0.25) is 0 Å². The molecule has 0 aliphatic rings. The van der Waals surface area contributed by atoms with Crippen LogP contribution in [0.1, 0.15) is 56.5 Å². The first-order valence-electron chi connectivity index (χ1n) is 11.6. The molecule has 3 nitrogen and oxygen atoms in total. The molecule has 0 radical (unpaired) electrons. The highest BCUT2D eigenvalue weighted by Gasteiger charge is 2.19. The lowest BCUT2D eigenvalue weighted by Crippen LogP contribution is -2.05. The lowest BCUT2D eigenvalue weighted by Gasteiger charge is -2.17. The van der Waals surface area contributed by atoms with Gasteiger partial charge in [0.2, 0.25) is 0 Å². The molecule has 0 saturated carbocycles. The maximum Gasteiger partial charge on any atom is 0.303 e. The van der Waals surface area contributed by atoms with Gasteiger partial charge in [0, 0.05) is 29.1 Å². The molecule has 3 rings (SSSR count). The first-order valence-corrected chi connectivity index (χ1v) is 11.6. The Labute approximate surface area is 197 Å². The molecule has 0 aliphatic carbocycles. The molecule has 170 valence electrons. The summed E-state index contributed by atoms with van der Waals surface area (Å²) in [4.78, 5) is 10.8. The number of carboxylic acid groups (broad SMARTS) is 1. The summed E-state index contributed by atoms with van der Waals surface area (Å²) in [5.74, 6) is -0.412. The predicted octanol–water partition coefficient (Wildman–Crippen LogP) is 7.82. The van der Waals surface area contributed by atoms with E-state index in [4.69, 9.17) is 5.11 Å². The van der Waals surface area contributed by atoms with Gasteiger partial charge in [0.25, 0.3) is 0 Å². The second-order valence-electron chi connectivity index (χ2n) is 8.41. The molecule has 0 atom stereocenters. The summed E-state index contributed by atoms with van der Waals surface area (Å²) in [7, 11) is 0. The smallest absolute Gasteiger partial charge is 0.303 e. The van der Waals surface area contributed by atoms with Crippen molar-refractivity contribution >= 4 is 12.0 Å². The molecule has 1 N–H and O–H groups in total. The SMILES string of the molecule is C\C=C/C=C\C=C\c1cc(-c2ccccc2)c(C(C)C)n1-c1ccc(CCCC(=O)O)cc1. The van der Waals surface area contributed by atoms with Gasteiger partial charge in [0.15, 0.2) is 0 Å². The second-order valence-corrected chi connectivity index (χ2v) is 8.41. The number of aliphatic carboxylic acids is 1. The highest BCUT2D eigenvalue weighted by molar-refractivity contribution is 5.73. The fourth-order valence-electron chi connectivity index (χ4n) is 4.02. The maximum atomic E-state index is 10.8. The zero-order valence-electron chi connectivity index (χ0n) is 19.7. The summed E-state index contributed by atoms with van der Waals surface area (Å²) in [5, 5.41) is 8.89. The van der Waals surface area contributed by atoms with Crippen molar-refractivity contribution in [3.05, 3.63) is 108 Å². The van der Waals surface area contributed by atoms with Crippen molar-refractivity contribution in [2.24, 2.45) is 0 Å². The van der Waals surface area contributed by atoms with Crippen molar-refractivity contribution in [1.82, 2.24) is 4.57 Å². The molecule has 33 heavy (non-hydrogen) atoms. The normalized spacial score (nSPS) is 12.0. The van der Waals surface area contributed by atoms with Gasteiger partial charge in [-0.05, 0) is 61.1 Å². The van der Waals surface area contributed by atoms with Gasteiger partial charge in [-0.15, -0.1) is 0 Å². The van der Waals surface area contributed by atoms with Crippen molar-refractivity contribution < 1.29 is 9.90 Å². The van der Waals surface area contributed by atoms with E-state index in [0.717, 1.165) is 23.4 Å². The molecule has 0 unspecified atom stereocenters. The van der Waals surface area contributed by atoms with E-state index in [2.05, 4.69) is 85.2 Å². The van der Waals surface area contributed by atoms with Crippen LogP contribution in [0.25, 0.3) is 22.9 Å². The summed E-state index contributed by atoms with van der Waals surface area (Å²) in [6.07, 6.45) is 13.9. The molecular weight excluding hydrogens is 406 g/mol. The third-order valence-corrected chi connectivity index (χ3v) is 5.54. The Morgan fingerprint density at radius 3 is 2.30 bits per heavy atom. The van der Waals surface area contributed by atoms with Crippen LogP contribution in [0.3, 0.4) is 0 Å². The number of aryl methyl sites for hydroxylation is 1. The van der Waals surface area contributed by atoms with Gasteiger partial charge in [-0.1, -0.05) is 86.7 Å². The standard InChI is InChI=1S/C30H33NO2/c1-4-5-6-7-11-16-27-22-28(25-14-9-8-10-15-25)30(23(2)3)31(27)26-20-18-24(19-21-26)13-12-17-29(32)33/h4-11,14-16,18-23H,12-13,17H2,1-3H3,(H,32,33)/b5-4-,7-6-,16-11+. The number of benzene rings is 2. The van der Waals surface area contributed by atoms with Gasteiger partial charge in [-0.3, -0.25) is 4.79 Å². The van der Waals surface area contributed by atoms with E-state index < -0.39 is 5.97 Å². The van der Waals surface area contributed by atoms with E-state index in [1.807, 2.05) is 37.3 Å². The van der Waals surface area contributed by atoms with Gasteiger partial charge in [0.1, 0.15) is 0 Å². The minimum atomic E-state index is -0.742. The molecule has 0 bridgehead atoms. The molecule has 0 fully saturated rings. The molecule has 0 saturated heterocycles. The lowest BCUT2D eigenvalue weighted by atomic mass is 9.99. The van der Waals surface area contributed by atoms with Gasteiger partial charge < -0.3 is 9.67 Å². The highest BCUT2D eigenvalue weighted by atomic mass is 16.4. The molecule has 3 heteroatoms. The summed E-state index contributed by atoms with van der Waals surface area (Å²) in [5.41, 5.74) is 7.13. The van der Waals surface area contributed by atoms with Gasteiger partial charge in [-0.2, -0.15) is 0 Å². The number of hydrogen-bond acceptors (Lipinski definition) is 1. The fourth-order valence-corrected chi connectivity index (χ4v) is 4.02. The summed E-state index contributed by atoms with van der Waals surface area (Å²) >= 11 is 0. The van der Waals surface area contributed by atoms with Crippen molar-refractivity contribution in [2.45, 2.75) is 46.0 Å². The topological polar surface area (TPSA) is 42.2 Å². The van der Waals surface area contributed by atoms with Gasteiger partial charge in [0.05, 0.1) is 0 Å². The number of carboxylic acids is 1. The first-order chi connectivity index (χ1) is 16.0. The van der Waals surface area contributed by atoms with Crippen molar-refractivity contribution in [3.8, 4) is 16.8 Å².